The van der Waals surface area contributed by atoms with Crippen molar-refractivity contribution < 1.29 is 14.3 Å². The van der Waals surface area contributed by atoms with Crippen LogP contribution in [0.5, 0.6) is 0 Å². The highest BCUT2D eigenvalue weighted by molar-refractivity contribution is 9.10. The van der Waals surface area contributed by atoms with Crippen molar-refractivity contribution >= 4 is 33.1 Å². The minimum absolute atomic E-state index is 0.0896. The van der Waals surface area contributed by atoms with Crippen molar-refractivity contribution in [3.63, 3.8) is 0 Å². The molecule has 2 aromatic heterocycles. The van der Waals surface area contributed by atoms with Gasteiger partial charge >= 0.3 is 11.8 Å². The summed E-state index contributed by atoms with van der Waals surface area (Å²) in [6.07, 6.45) is -0.314. The van der Waals surface area contributed by atoms with Gasteiger partial charge in [0.1, 0.15) is 11.3 Å². The average Bonchev–Trinajstić information content (AvgIpc) is 3.11. The molecule has 1 aliphatic heterocycles. The van der Waals surface area contributed by atoms with Gasteiger partial charge in [-0.25, -0.2) is 14.0 Å². The van der Waals surface area contributed by atoms with E-state index in [4.69, 9.17) is 0 Å². The monoisotopic (exact) mass is 407 g/mol. The SMILES string of the molecule is O=C(O)n1c(=O)n(-c2ccc(Br)cc2F)c2cc(=O)n3c(c21)CCC3. The minimum Gasteiger partial charge on any atom is -0.464 e. The maximum atomic E-state index is 14.4. The molecule has 0 saturated heterocycles. The number of benzene rings is 1. The number of hydrogen-bond donors (Lipinski definition) is 1. The van der Waals surface area contributed by atoms with E-state index in [0.717, 1.165) is 4.57 Å². The molecule has 7 nitrogen and oxygen atoms in total. The first-order chi connectivity index (χ1) is 11.9. The van der Waals surface area contributed by atoms with Crippen LogP contribution in [-0.2, 0) is 13.0 Å². The molecule has 0 bridgehead atoms. The first kappa shape index (κ1) is 15.8. The van der Waals surface area contributed by atoms with E-state index in [2.05, 4.69) is 15.9 Å². The molecule has 1 aliphatic rings. The van der Waals surface area contributed by atoms with Gasteiger partial charge in [0.2, 0.25) is 0 Å². The van der Waals surface area contributed by atoms with Crippen LogP contribution in [-0.4, -0.2) is 24.9 Å². The molecule has 25 heavy (non-hydrogen) atoms. The van der Waals surface area contributed by atoms with Crippen molar-refractivity contribution in [3.05, 3.63) is 61.1 Å². The number of fused-ring (bicyclic) bond motifs is 3. The summed E-state index contributed by atoms with van der Waals surface area (Å²) in [5, 5.41) is 9.50. The zero-order valence-corrected chi connectivity index (χ0v) is 14.3. The summed E-state index contributed by atoms with van der Waals surface area (Å²) < 4.78 is 17.9. The number of halogens is 2. The van der Waals surface area contributed by atoms with Crippen molar-refractivity contribution in [2.24, 2.45) is 0 Å². The van der Waals surface area contributed by atoms with Crippen LogP contribution in [0.3, 0.4) is 0 Å². The van der Waals surface area contributed by atoms with E-state index >= 15 is 0 Å². The van der Waals surface area contributed by atoms with Gasteiger partial charge in [-0.15, -0.1) is 0 Å². The lowest BCUT2D eigenvalue weighted by Gasteiger charge is -2.07. The molecule has 0 spiro atoms. The number of pyridine rings is 1. The van der Waals surface area contributed by atoms with E-state index < -0.39 is 17.6 Å². The van der Waals surface area contributed by atoms with Crippen molar-refractivity contribution in [3.8, 4) is 5.69 Å². The highest BCUT2D eigenvalue weighted by Gasteiger charge is 2.27. The molecule has 1 aromatic carbocycles. The van der Waals surface area contributed by atoms with Gasteiger partial charge in [0.05, 0.1) is 11.2 Å². The second-order valence-corrected chi connectivity index (χ2v) is 6.67. The van der Waals surface area contributed by atoms with Crippen molar-refractivity contribution in [2.75, 3.05) is 0 Å². The normalized spacial score (nSPS) is 13.4. The molecule has 0 aliphatic carbocycles. The standard InChI is InChI=1S/C16H11BrFN3O4/c17-8-3-4-10(9(18)6-8)20-12-7-13(22)19-5-1-2-11(19)14(12)21(15(20)23)16(24)25/h3-4,6-7H,1-2,5H2,(H,24,25). The molecule has 0 saturated carbocycles. The molecule has 0 amide bonds. The van der Waals surface area contributed by atoms with Crippen molar-refractivity contribution in [1.82, 2.24) is 13.7 Å². The van der Waals surface area contributed by atoms with Crippen molar-refractivity contribution in [1.29, 1.82) is 0 Å². The molecule has 0 unspecified atom stereocenters. The molecule has 0 fully saturated rings. The Labute approximate surface area is 147 Å². The third kappa shape index (κ3) is 2.19. The minimum atomic E-state index is -1.47. The Morgan fingerprint density at radius 1 is 1.24 bits per heavy atom. The average molecular weight is 408 g/mol. The van der Waals surface area contributed by atoms with Crippen LogP contribution in [0.2, 0.25) is 0 Å². The molecule has 128 valence electrons. The predicted molar refractivity (Wildman–Crippen MR) is 91.2 cm³/mol. The molecular formula is C16H11BrFN3O4. The fraction of sp³-hybridized carbons (Fsp3) is 0.188. The van der Waals surface area contributed by atoms with Gasteiger partial charge in [-0.05, 0) is 31.0 Å². The molecule has 4 rings (SSSR count). The van der Waals surface area contributed by atoms with Crippen LogP contribution in [0.15, 0.2) is 38.3 Å². The van der Waals surface area contributed by atoms with E-state index in [0.29, 0.717) is 34.1 Å². The number of imidazole rings is 1. The fourth-order valence-electron chi connectivity index (χ4n) is 3.36. The maximum absolute atomic E-state index is 14.4. The van der Waals surface area contributed by atoms with Crippen LogP contribution < -0.4 is 11.2 Å². The number of carboxylic acid groups (broad SMARTS) is 1. The van der Waals surface area contributed by atoms with Gasteiger partial charge in [-0.1, -0.05) is 15.9 Å². The van der Waals surface area contributed by atoms with Crippen LogP contribution >= 0.6 is 15.9 Å². The summed E-state index contributed by atoms with van der Waals surface area (Å²) in [7, 11) is 0. The first-order valence-electron chi connectivity index (χ1n) is 7.49. The Morgan fingerprint density at radius 2 is 2.00 bits per heavy atom. The van der Waals surface area contributed by atoms with E-state index in [-0.39, 0.29) is 22.3 Å². The zero-order valence-electron chi connectivity index (χ0n) is 12.7. The van der Waals surface area contributed by atoms with Crippen molar-refractivity contribution in [2.45, 2.75) is 19.4 Å². The summed E-state index contributed by atoms with van der Waals surface area (Å²) in [5.74, 6) is -0.707. The van der Waals surface area contributed by atoms with Gasteiger partial charge in [-0.2, -0.15) is 4.57 Å². The lowest BCUT2D eigenvalue weighted by Crippen LogP contribution is -2.28. The number of carbonyl (C=O) groups is 1. The lowest BCUT2D eigenvalue weighted by molar-refractivity contribution is 0.196. The summed E-state index contributed by atoms with van der Waals surface area (Å²) in [4.78, 5) is 36.7. The summed E-state index contributed by atoms with van der Waals surface area (Å²) in [6.45, 7) is 0.468. The van der Waals surface area contributed by atoms with Gasteiger partial charge in [-0.3, -0.25) is 9.36 Å². The fourth-order valence-corrected chi connectivity index (χ4v) is 3.69. The molecule has 3 heterocycles. The van der Waals surface area contributed by atoms with Crippen LogP contribution in [0.25, 0.3) is 16.7 Å². The summed E-state index contributed by atoms with van der Waals surface area (Å²) >= 11 is 3.14. The maximum Gasteiger partial charge on any atom is 0.420 e. The molecular weight excluding hydrogens is 397 g/mol. The van der Waals surface area contributed by atoms with E-state index in [9.17, 15) is 23.9 Å². The molecule has 1 N–H and O–H groups in total. The Bertz CT molecular complexity index is 1170. The third-order valence-electron chi connectivity index (χ3n) is 4.35. The Kier molecular flexibility index (Phi) is 3.43. The highest BCUT2D eigenvalue weighted by Crippen LogP contribution is 2.26. The Morgan fingerprint density at radius 3 is 2.68 bits per heavy atom. The number of aromatic nitrogens is 3. The summed E-state index contributed by atoms with van der Waals surface area (Å²) in [5.41, 5.74) is -0.666. The largest absolute Gasteiger partial charge is 0.464 e. The third-order valence-corrected chi connectivity index (χ3v) is 4.85. The topological polar surface area (TPSA) is 86.2 Å². The number of hydrogen-bond acceptors (Lipinski definition) is 3. The van der Waals surface area contributed by atoms with E-state index in [1.165, 1.54) is 28.8 Å². The predicted octanol–water partition coefficient (Wildman–Crippen LogP) is 2.33. The van der Waals surface area contributed by atoms with Gasteiger partial charge in [0.15, 0.2) is 0 Å². The lowest BCUT2D eigenvalue weighted by atomic mass is 10.2. The Balaban J connectivity index is 2.22. The zero-order chi connectivity index (χ0) is 17.9. The summed E-state index contributed by atoms with van der Waals surface area (Å²) in [6, 6.07) is 5.25. The van der Waals surface area contributed by atoms with E-state index in [1.807, 2.05) is 0 Å². The molecule has 0 atom stereocenters. The second-order valence-electron chi connectivity index (χ2n) is 5.75. The molecule has 9 heteroatoms. The van der Waals surface area contributed by atoms with Crippen LogP contribution in [0, 0.1) is 5.82 Å². The van der Waals surface area contributed by atoms with Gasteiger partial charge in [0.25, 0.3) is 5.56 Å². The smallest absolute Gasteiger partial charge is 0.420 e. The highest BCUT2D eigenvalue weighted by atomic mass is 79.9. The second kappa shape index (κ2) is 5.41. The van der Waals surface area contributed by atoms with Gasteiger partial charge < -0.3 is 9.67 Å². The molecule has 0 radical (unpaired) electrons. The number of aryl methyl sites for hydroxylation is 1. The Hall–Kier alpha value is -2.68. The van der Waals surface area contributed by atoms with Crippen LogP contribution in [0.1, 0.15) is 12.1 Å². The van der Waals surface area contributed by atoms with Gasteiger partial charge in [0, 0.05) is 22.8 Å². The first-order valence-corrected chi connectivity index (χ1v) is 8.28. The number of nitrogens with zero attached hydrogens (tertiary/aromatic N) is 3. The van der Waals surface area contributed by atoms with Crippen LogP contribution in [0.4, 0.5) is 9.18 Å². The number of rotatable bonds is 1. The quantitative estimate of drug-likeness (QED) is 0.670. The molecule has 3 aromatic rings. The van der Waals surface area contributed by atoms with E-state index in [1.54, 1.807) is 0 Å².